The maximum Gasteiger partial charge on any atom is 0.344 e. The number of amides is 1. The fourth-order valence-corrected chi connectivity index (χ4v) is 3.41. The third kappa shape index (κ3) is 5.98. The summed E-state index contributed by atoms with van der Waals surface area (Å²) in [6, 6.07) is 5.48. The Morgan fingerprint density at radius 1 is 1.07 bits per heavy atom. The van der Waals surface area contributed by atoms with Crippen molar-refractivity contribution in [3.05, 3.63) is 29.5 Å². The molecule has 0 atom stereocenters. The summed E-state index contributed by atoms with van der Waals surface area (Å²) < 4.78 is 21.1. The van der Waals surface area contributed by atoms with E-state index in [1.165, 1.54) is 5.56 Å². The first-order valence-electron chi connectivity index (χ1n) is 10.3. The molecule has 0 saturated heterocycles. The van der Waals surface area contributed by atoms with E-state index >= 15 is 0 Å². The van der Waals surface area contributed by atoms with Crippen LogP contribution in [0, 0.1) is 0 Å². The number of furan rings is 1. The van der Waals surface area contributed by atoms with E-state index in [1.54, 1.807) is 13.0 Å². The van der Waals surface area contributed by atoms with E-state index < -0.39 is 18.5 Å². The molecular formula is C22H27NO7. The maximum absolute atomic E-state index is 11.9. The number of hydrogen-bond acceptors (Lipinski definition) is 7. The number of ether oxygens (including phenoxy) is 3. The van der Waals surface area contributed by atoms with Gasteiger partial charge in [-0.15, -0.1) is 0 Å². The standard InChI is InChI=1S/C22H27NO7/c1-2-27-21(25)8-5-11-23-20(24)13-29-22(26)14-28-15-9-10-19-17(12-15)16-6-3-4-7-18(16)30-19/h9-10,12H,2-8,11,13-14H2,1H3,(H,23,24). The average molecular weight is 417 g/mol. The van der Waals surface area contributed by atoms with E-state index in [-0.39, 0.29) is 19.0 Å². The summed E-state index contributed by atoms with van der Waals surface area (Å²) in [5.74, 6) is 0.229. The predicted octanol–water partition coefficient (Wildman–Crippen LogP) is 2.69. The molecule has 162 valence electrons. The highest BCUT2D eigenvalue weighted by molar-refractivity contribution is 5.84. The highest BCUT2D eigenvalue weighted by Crippen LogP contribution is 2.33. The number of fused-ring (bicyclic) bond motifs is 3. The number of hydrogen-bond donors (Lipinski definition) is 1. The maximum atomic E-state index is 11.9. The van der Waals surface area contributed by atoms with Crippen LogP contribution in [0.1, 0.15) is 43.9 Å². The SMILES string of the molecule is CCOC(=O)CCCNC(=O)COC(=O)COc1ccc2oc3c(c2c1)CCCC3. The van der Waals surface area contributed by atoms with Gasteiger partial charge in [0.05, 0.1) is 6.61 Å². The van der Waals surface area contributed by atoms with Crippen molar-refractivity contribution in [3.8, 4) is 5.75 Å². The Morgan fingerprint density at radius 2 is 1.90 bits per heavy atom. The molecule has 0 radical (unpaired) electrons. The lowest BCUT2D eigenvalue weighted by atomic mass is 9.96. The lowest BCUT2D eigenvalue weighted by Crippen LogP contribution is -2.30. The van der Waals surface area contributed by atoms with Crippen LogP contribution in [-0.4, -0.2) is 44.2 Å². The van der Waals surface area contributed by atoms with Crippen molar-refractivity contribution in [1.82, 2.24) is 5.32 Å². The molecule has 0 unspecified atom stereocenters. The molecular weight excluding hydrogens is 390 g/mol. The number of aryl methyl sites for hydroxylation is 2. The molecule has 30 heavy (non-hydrogen) atoms. The van der Waals surface area contributed by atoms with Gasteiger partial charge in [0, 0.05) is 30.3 Å². The van der Waals surface area contributed by atoms with Gasteiger partial charge in [-0.1, -0.05) is 0 Å². The Bertz CT molecular complexity index is 902. The summed E-state index contributed by atoms with van der Waals surface area (Å²) in [6.07, 6.45) is 4.92. The highest BCUT2D eigenvalue weighted by atomic mass is 16.6. The van der Waals surface area contributed by atoms with Gasteiger partial charge < -0.3 is 23.9 Å². The van der Waals surface area contributed by atoms with Gasteiger partial charge in [-0.25, -0.2) is 4.79 Å². The zero-order valence-electron chi connectivity index (χ0n) is 17.2. The topological polar surface area (TPSA) is 104 Å². The van der Waals surface area contributed by atoms with E-state index in [4.69, 9.17) is 18.6 Å². The number of benzene rings is 1. The molecule has 1 N–H and O–H groups in total. The first kappa shape index (κ1) is 21.7. The lowest BCUT2D eigenvalue weighted by Gasteiger charge is -2.09. The summed E-state index contributed by atoms with van der Waals surface area (Å²) in [6.45, 7) is 1.69. The van der Waals surface area contributed by atoms with Crippen LogP contribution < -0.4 is 10.1 Å². The van der Waals surface area contributed by atoms with E-state index in [0.29, 0.717) is 25.3 Å². The smallest absolute Gasteiger partial charge is 0.344 e. The van der Waals surface area contributed by atoms with Gasteiger partial charge in [0.15, 0.2) is 13.2 Å². The van der Waals surface area contributed by atoms with Crippen LogP contribution in [-0.2, 0) is 36.7 Å². The molecule has 8 heteroatoms. The zero-order chi connectivity index (χ0) is 21.3. The largest absolute Gasteiger partial charge is 0.482 e. The summed E-state index contributed by atoms with van der Waals surface area (Å²) in [5.41, 5.74) is 2.06. The van der Waals surface area contributed by atoms with Crippen LogP contribution in [0.2, 0.25) is 0 Å². The minimum absolute atomic E-state index is 0.228. The molecule has 1 amide bonds. The van der Waals surface area contributed by atoms with Gasteiger partial charge in [0.25, 0.3) is 5.91 Å². The second kappa shape index (κ2) is 10.7. The van der Waals surface area contributed by atoms with Crippen molar-refractivity contribution < 1.29 is 33.0 Å². The number of esters is 2. The van der Waals surface area contributed by atoms with E-state index in [2.05, 4.69) is 5.32 Å². The van der Waals surface area contributed by atoms with Crippen molar-refractivity contribution in [3.63, 3.8) is 0 Å². The van der Waals surface area contributed by atoms with Crippen molar-refractivity contribution in [2.45, 2.75) is 45.4 Å². The van der Waals surface area contributed by atoms with Crippen LogP contribution in [0.25, 0.3) is 11.0 Å². The molecule has 1 heterocycles. The van der Waals surface area contributed by atoms with Crippen LogP contribution in [0.15, 0.2) is 22.6 Å². The third-order valence-corrected chi connectivity index (χ3v) is 4.83. The highest BCUT2D eigenvalue weighted by Gasteiger charge is 2.18. The quantitative estimate of drug-likeness (QED) is 0.468. The molecule has 0 fully saturated rings. The van der Waals surface area contributed by atoms with Gasteiger partial charge in [0.1, 0.15) is 17.1 Å². The fraction of sp³-hybridized carbons (Fsp3) is 0.500. The van der Waals surface area contributed by atoms with Crippen molar-refractivity contribution >= 4 is 28.8 Å². The number of rotatable bonds is 10. The van der Waals surface area contributed by atoms with Crippen molar-refractivity contribution in [2.24, 2.45) is 0 Å². The van der Waals surface area contributed by atoms with Crippen LogP contribution in [0.5, 0.6) is 5.75 Å². The Morgan fingerprint density at radius 3 is 2.73 bits per heavy atom. The second-order valence-corrected chi connectivity index (χ2v) is 7.08. The van der Waals surface area contributed by atoms with E-state index in [1.807, 2.05) is 12.1 Å². The first-order valence-corrected chi connectivity index (χ1v) is 10.3. The van der Waals surface area contributed by atoms with Crippen molar-refractivity contribution in [2.75, 3.05) is 26.4 Å². The second-order valence-electron chi connectivity index (χ2n) is 7.08. The zero-order valence-corrected chi connectivity index (χ0v) is 17.2. The molecule has 1 aliphatic carbocycles. The van der Waals surface area contributed by atoms with Gasteiger partial charge in [0.2, 0.25) is 0 Å². The van der Waals surface area contributed by atoms with Crippen LogP contribution in [0.4, 0.5) is 0 Å². The third-order valence-electron chi connectivity index (χ3n) is 4.83. The van der Waals surface area contributed by atoms with Gasteiger partial charge in [-0.05, 0) is 50.8 Å². The molecule has 0 spiro atoms. The summed E-state index contributed by atoms with van der Waals surface area (Å²) in [7, 11) is 0. The Kier molecular flexibility index (Phi) is 7.70. The summed E-state index contributed by atoms with van der Waals surface area (Å²) in [4.78, 5) is 34.7. The van der Waals surface area contributed by atoms with E-state index in [0.717, 1.165) is 42.4 Å². The number of carbonyl (C=O) groups is 3. The van der Waals surface area contributed by atoms with Gasteiger partial charge in [-0.2, -0.15) is 0 Å². The van der Waals surface area contributed by atoms with Crippen molar-refractivity contribution in [1.29, 1.82) is 0 Å². The lowest BCUT2D eigenvalue weighted by molar-refractivity contribution is -0.150. The summed E-state index contributed by atoms with van der Waals surface area (Å²) >= 11 is 0. The molecule has 0 bridgehead atoms. The van der Waals surface area contributed by atoms with Crippen LogP contribution >= 0.6 is 0 Å². The fourth-order valence-electron chi connectivity index (χ4n) is 3.41. The Hall–Kier alpha value is -3.03. The number of carbonyl (C=O) groups excluding carboxylic acids is 3. The average Bonchev–Trinajstić information content (AvgIpc) is 3.12. The molecule has 0 aliphatic heterocycles. The molecule has 2 aromatic rings. The molecule has 0 saturated carbocycles. The molecule has 3 rings (SSSR count). The molecule has 1 aromatic heterocycles. The molecule has 1 aliphatic rings. The molecule has 1 aromatic carbocycles. The first-order chi connectivity index (χ1) is 14.6. The summed E-state index contributed by atoms with van der Waals surface area (Å²) in [5, 5.41) is 3.61. The normalized spacial score (nSPS) is 12.8. The van der Waals surface area contributed by atoms with Gasteiger partial charge >= 0.3 is 11.9 Å². The predicted molar refractivity (Wildman–Crippen MR) is 108 cm³/mol. The van der Waals surface area contributed by atoms with Crippen LogP contribution in [0.3, 0.4) is 0 Å². The Labute approximate surface area is 174 Å². The minimum Gasteiger partial charge on any atom is -0.482 e. The molecule has 8 nitrogen and oxygen atoms in total. The Balaban J connectivity index is 1.37. The monoisotopic (exact) mass is 417 g/mol. The minimum atomic E-state index is -0.633. The van der Waals surface area contributed by atoms with Gasteiger partial charge in [-0.3, -0.25) is 9.59 Å². The van der Waals surface area contributed by atoms with E-state index in [9.17, 15) is 14.4 Å². The number of nitrogens with one attached hydrogen (secondary N) is 1.